The second kappa shape index (κ2) is 13.5. The zero-order valence-electron chi connectivity index (χ0n) is 23.6. The number of alkyl halides is 9. The third-order valence-corrected chi connectivity index (χ3v) is 7.88. The minimum absolute atomic E-state index is 0.00886. The second-order valence-electron chi connectivity index (χ2n) is 9.43. The first-order chi connectivity index (χ1) is 20.1. The number of hydrogen-bond acceptors (Lipinski definition) is 7. The van der Waals surface area contributed by atoms with E-state index < -0.39 is 46.3 Å². The van der Waals surface area contributed by atoms with E-state index in [2.05, 4.69) is 4.18 Å². The molecule has 2 N–H and O–H groups in total. The maximum absolute atomic E-state index is 14.0. The number of allylic oxidation sites excluding steroid dienone is 2. The highest BCUT2D eigenvalue weighted by Crippen LogP contribution is 2.55. The van der Waals surface area contributed by atoms with Gasteiger partial charge >= 0.3 is 40.5 Å². The molecule has 0 amide bonds. The number of hydrogen-bond donors (Lipinski definition) is 2. The Morgan fingerprint density at radius 2 is 1.39 bits per heavy atom. The molecule has 0 bridgehead atoms. The summed E-state index contributed by atoms with van der Waals surface area (Å²) in [7, 11) is -5.44. The predicted octanol–water partition coefficient (Wildman–Crippen LogP) is 5.61. The van der Waals surface area contributed by atoms with E-state index in [-0.39, 0.29) is 31.3 Å². The zero-order chi connectivity index (χ0) is 33.9. The molecule has 7 nitrogen and oxygen atoms in total. The maximum Gasteiger partial charge on any atom is 0.488 e. The normalized spacial score (nSPS) is 14.6. The first-order valence-corrected chi connectivity index (χ1v) is 14.0. The van der Waals surface area contributed by atoms with Crippen molar-refractivity contribution in [1.29, 1.82) is 0 Å². The number of aryl methyl sites for hydroxylation is 2. The van der Waals surface area contributed by atoms with Crippen molar-refractivity contribution in [3.05, 3.63) is 58.8 Å². The van der Waals surface area contributed by atoms with Crippen molar-refractivity contribution >= 4 is 28.3 Å². The van der Waals surface area contributed by atoms with Crippen LogP contribution >= 0.6 is 0 Å². The van der Waals surface area contributed by atoms with Crippen LogP contribution in [0.2, 0.25) is 0 Å². The molecular weight excluding hydrogens is 638 g/mol. The third kappa shape index (κ3) is 7.23. The Morgan fingerprint density at radius 3 is 1.86 bits per heavy atom. The van der Waals surface area contributed by atoms with Gasteiger partial charge in [-0.2, -0.15) is 47.9 Å². The molecule has 2 aromatic carbocycles. The Labute approximate surface area is 247 Å². The summed E-state index contributed by atoms with van der Waals surface area (Å²) in [5, 5.41) is 10.9. The summed E-state index contributed by atoms with van der Waals surface area (Å²) in [6.45, 7) is 3.26. The lowest BCUT2D eigenvalue weighted by molar-refractivity contribution is -0.382. The quantitative estimate of drug-likeness (QED) is 0.204. The van der Waals surface area contributed by atoms with E-state index in [1.54, 1.807) is 38.3 Å². The second-order valence-corrected chi connectivity index (χ2v) is 11.0. The van der Waals surface area contributed by atoms with E-state index in [1.165, 1.54) is 26.2 Å². The third-order valence-electron chi connectivity index (χ3n) is 6.57. The van der Waals surface area contributed by atoms with Crippen LogP contribution in [-0.2, 0) is 20.7 Å². The molecule has 0 fully saturated rings. The molecule has 0 atom stereocenters. The largest absolute Gasteiger partial charge is 0.497 e. The number of fused-ring (bicyclic) bond motifs is 1. The fraction of sp³-hybridized carbons (Fsp3) is 0.462. The van der Waals surface area contributed by atoms with Crippen molar-refractivity contribution in [2.75, 3.05) is 14.2 Å². The van der Waals surface area contributed by atoms with Crippen molar-refractivity contribution in [3.8, 4) is 11.5 Å². The van der Waals surface area contributed by atoms with Crippen molar-refractivity contribution in [3.63, 3.8) is 0 Å². The summed E-state index contributed by atoms with van der Waals surface area (Å²) in [6, 6.07) is 9.53. The highest BCUT2D eigenvalue weighted by atomic mass is 32.2. The molecule has 0 saturated carbocycles. The summed E-state index contributed by atoms with van der Waals surface area (Å²) in [5.74, 6) is -14.3. The van der Waals surface area contributed by atoms with Gasteiger partial charge in [0.15, 0.2) is 0 Å². The maximum atomic E-state index is 14.0. The number of benzene rings is 2. The predicted molar refractivity (Wildman–Crippen MR) is 142 cm³/mol. The molecule has 0 unspecified atom stereocenters. The average Bonchev–Trinajstić information content (AvgIpc) is 3.09. The summed E-state index contributed by atoms with van der Waals surface area (Å²) in [6.07, 6.45) is -7.23. The van der Waals surface area contributed by atoms with Gasteiger partial charge in [0.2, 0.25) is 0 Å². The first kappa shape index (κ1) is 37.1. The Hall–Kier alpha value is -3.12. The van der Waals surface area contributed by atoms with Crippen LogP contribution in [0, 0.1) is 6.92 Å². The lowest BCUT2D eigenvalue weighted by Crippen LogP contribution is -2.63. The minimum atomic E-state index is -7.35. The molecule has 0 aromatic heterocycles. The van der Waals surface area contributed by atoms with E-state index in [1.807, 2.05) is 0 Å². The molecule has 246 valence electrons. The van der Waals surface area contributed by atoms with E-state index in [4.69, 9.17) is 19.5 Å². The molecule has 3 rings (SSSR count). The van der Waals surface area contributed by atoms with Gasteiger partial charge in [-0.15, -0.1) is 0 Å². The summed E-state index contributed by atoms with van der Waals surface area (Å²) in [5.41, 5.74) is 2.20. The van der Waals surface area contributed by atoms with Crippen LogP contribution in [0.1, 0.15) is 42.9 Å². The number of rotatable bonds is 9. The Kier molecular flexibility index (Phi) is 11.4. The van der Waals surface area contributed by atoms with Gasteiger partial charge in [-0.3, -0.25) is 0 Å². The minimum Gasteiger partial charge on any atom is -0.497 e. The highest BCUT2D eigenvalue weighted by Gasteiger charge is 2.86. The molecule has 0 aliphatic heterocycles. The summed E-state index contributed by atoms with van der Waals surface area (Å²) >= 11 is 0. The number of methoxy groups -OCH3 is 2. The molecule has 0 saturated heterocycles. The smallest absolute Gasteiger partial charge is 0.488 e. The number of ether oxygens (including phenoxy) is 2. The molecule has 18 heteroatoms. The molecule has 0 radical (unpaired) electrons. The van der Waals surface area contributed by atoms with Crippen LogP contribution in [0.15, 0.2) is 42.2 Å². The van der Waals surface area contributed by atoms with Crippen LogP contribution in [0.5, 0.6) is 11.5 Å². The van der Waals surface area contributed by atoms with Crippen molar-refractivity contribution in [2.45, 2.75) is 62.8 Å². The van der Waals surface area contributed by atoms with Crippen LogP contribution in [0.3, 0.4) is 0 Å². The first-order valence-electron chi connectivity index (χ1n) is 12.6. The van der Waals surface area contributed by atoms with Gasteiger partial charge in [-0.25, -0.2) is 0 Å². The standard InChI is InChI=1S/C18H17F9O4S.C8H11BO3/c1-3-12-13-8-7-11(30-2)9-10(13)5-4-6-14(12)31-32(28,29)18(26,27)16(21,22)15(19,20)17(23,24)25;1-6-5-7(12-2)3-4-8(6)9(10)11/h7-9H,3-6H2,1-2H3;3-5,10-11H,1-2H3. The Bertz CT molecular complexity index is 1460. The van der Waals surface area contributed by atoms with Crippen LogP contribution in [0.4, 0.5) is 39.5 Å². The summed E-state index contributed by atoms with van der Waals surface area (Å²) < 4.78 is 156. The molecule has 1 aliphatic rings. The van der Waals surface area contributed by atoms with Crippen molar-refractivity contribution in [2.24, 2.45) is 0 Å². The van der Waals surface area contributed by atoms with E-state index >= 15 is 0 Å². The fourth-order valence-electron chi connectivity index (χ4n) is 4.19. The van der Waals surface area contributed by atoms with E-state index in [0.717, 1.165) is 11.3 Å². The average molecular weight is 666 g/mol. The zero-order valence-corrected chi connectivity index (χ0v) is 24.4. The van der Waals surface area contributed by atoms with Crippen LogP contribution < -0.4 is 14.9 Å². The van der Waals surface area contributed by atoms with Crippen LogP contribution in [-0.4, -0.2) is 63.1 Å². The van der Waals surface area contributed by atoms with Gasteiger partial charge in [-0.1, -0.05) is 19.1 Å². The van der Waals surface area contributed by atoms with Gasteiger partial charge in [0, 0.05) is 6.42 Å². The van der Waals surface area contributed by atoms with E-state index in [0.29, 0.717) is 22.3 Å². The van der Waals surface area contributed by atoms with Gasteiger partial charge < -0.3 is 23.7 Å². The van der Waals surface area contributed by atoms with Gasteiger partial charge in [0.25, 0.3) is 0 Å². The lowest BCUT2D eigenvalue weighted by Gasteiger charge is -2.32. The SMILES string of the molecule is CCC1=C(OS(=O)(=O)C(F)(F)C(F)(F)C(F)(F)C(F)(F)F)CCCc2cc(OC)ccc21.COc1ccc(B(O)O)c(C)c1. The monoisotopic (exact) mass is 666 g/mol. The van der Waals surface area contributed by atoms with Crippen molar-refractivity contribution < 1.29 is 71.6 Å². The molecule has 1 aliphatic carbocycles. The number of halogens is 9. The van der Waals surface area contributed by atoms with Gasteiger partial charge in [0.05, 0.1) is 14.2 Å². The highest BCUT2D eigenvalue weighted by molar-refractivity contribution is 7.88. The summed E-state index contributed by atoms with van der Waals surface area (Å²) in [4.78, 5) is 0. The lowest BCUT2D eigenvalue weighted by atomic mass is 9.77. The Morgan fingerprint density at radius 1 is 0.841 bits per heavy atom. The molecule has 0 heterocycles. The molecular formula is C26H28BF9O7S. The molecule has 0 spiro atoms. The topological polar surface area (TPSA) is 102 Å². The van der Waals surface area contributed by atoms with Gasteiger partial charge in [-0.05, 0) is 78.2 Å². The van der Waals surface area contributed by atoms with Crippen LogP contribution in [0.25, 0.3) is 5.57 Å². The molecule has 2 aromatic rings. The van der Waals surface area contributed by atoms with Crippen molar-refractivity contribution in [1.82, 2.24) is 0 Å². The Balaban J connectivity index is 0.000000469. The molecule has 44 heavy (non-hydrogen) atoms. The van der Waals surface area contributed by atoms with E-state index in [9.17, 15) is 47.9 Å². The fourth-order valence-corrected chi connectivity index (χ4v) is 5.18. The van der Waals surface area contributed by atoms with Gasteiger partial charge in [0.1, 0.15) is 17.3 Å².